The Hall–Kier alpha value is -2.48. The van der Waals surface area contributed by atoms with Crippen LogP contribution in [-0.4, -0.2) is 68.1 Å². The average molecular weight is 414 g/mol. The van der Waals surface area contributed by atoms with E-state index in [9.17, 15) is 9.59 Å². The molecular weight excluding hydrogens is 386 g/mol. The highest BCUT2D eigenvalue weighted by Gasteiger charge is 2.21. The Morgan fingerprint density at radius 3 is 2.52 bits per heavy atom. The van der Waals surface area contributed by atoms with Crippen molar-refractivity contribution in [3.63, 3.8) is 0 Å². The average Bonchev–Trinajstić information content (AvgIpc) is 3.09. The zero-order valence-electron chi connectivity index (χ0n) is 16.9. The molecule has 29 heavy (non-hydrogen) atoms. The van der Waals surface area contributed by atoms with E-state index in [4.69, 9.17) is 4.74 Å². The number of amides is 1. The Balaban J connectivity index is 1.43. The first-order valence-corrected chi connectivity index (χ1v) is 10.5. The van der Waals surface area contributed by atoms with Crippen molar-refractivity contribution in [1.82, 2.24) is 9.80 Å². The van der Waals surface area contributed by atoms with E-state index in [-0.39, 0.29) is 5.91 Å². The Morgan fingerprint density at radius 2 is 1.83 bits per heavy atom. The minimum atomic E-state index is -0.429. The number of hydrogen-bond acceptors (Lipinski definition) is 6. The summed E-state index contributed by atoms with van der Waals surface area (Å²) in [5.74, 6) is -0.531. The van der Waals surface area contributed by atoms with Crippen LogP contribution in [0, 0.1) is 6.92 Å². The van der Waals surface area contributed by atoms with Crippen molar-refractivity contribution in [1.29, 1.82) is 0 Å². The number of thiophene rings is 1. The van der Waals surface area contributed by atoms with Crippen LogP contribution in [-0.2, 0) is 9.53 Å². The molecule has 154 valence electrons. The highest BCUT2D eigenvalue weighted by Crippen LogP contribution is 2.28. The third-order valence-electron chi connectivity index (χ3n) is 4.82. The highest BCUT2D eigenvalue weighted by molar-refractivity contribution is 7.16. The number of hydrogen-bond donors (Lipinski definition) is 1. The molecule has 7 heteroatoms. The number of carbonyl (C=O) groups excluding carboxylic acids is 2. The van der Waals surface area contributed by atoms with Gasteiger partial charge in [-0.25, -0.2) is 4.79 Å². The molecule has 0 saturated carbocycles. The Kier molecular flexibility index (Phi) is 7.57. The lowest BCUT2D eigenvalue weighted by Gasteiger charge is -2.33. The predicted molar refractivity (Wildman–Crippen MR) is 117 cm³/mol. The van der Waals surface area contributed by atoms with Crippen LogP contribution in [0.25, 0.3) is 6.08 Å². The molecule has 0 atom stereocenters. The Bertz CT molecular complexity index is 855. The van der Waals surface area contributed by atoms with Crippen LogP contribution in [0.1, 0.15) is 20.8 Å². The van der Waals surface area contributed by atoms with Gasteiger partial charge in [-0.05, 0) is 18.6 Å². The topological polar surface area (TPSA) is 61.9 Å². The fourth-order valence-electron chi connectivity index (χ4n) is 3.27. The summed E-state index contributed by atoms with van der Waals surface area (Å²) in [4.78, 5) is 29.8. The van der Waals surface area contributed by atoms with Crippen molar-refractivity contribution in [2.24, 2.45) is 0 Å². The molecule has 1 saturated heterocycles. The summed E-state index contributed by atoms with van der Waals surface area (Å²) in [6.07, 6.45) is 4.33. The molecule has 0 unspecified atom stereocenters. The number of benzene rings is 1. The number of ether oxygens (including phenoxy) is 1. The maximum Gasteiger partial charge on any atom is 0.340 e. The third-order valence-corrected chi connectivity index (χ3v) is 5.79. The fourth-order valence-corrected chi connectivity index (χ4v) is 4.19. The molecule has 0 bridgehead atoms. The minimum absolute atomic E-state index is 0.102. The van der Waals surface area contributed by atoms with Crippen molar-refractivity contribution in [3.8, 4) is 0 Å². The second-order valence-corrected chi connectivity index (χ2v) is 8.29. The molecule has 3 rings (SSSR count). The molecule has 1 amide bonds. The number of piperazine rings is 1. The lowest BCUT2D eigenvalue weighted by atomic mass is 10.2. The smallest absolute Gasteiger partial charge is 0.340 e. The van der Waals surface area contributed by atoms with Gasteiger partial charge in [0, 0.05) is 37.6 Å². The third kappa shape index (κ3) is 6.25. The van der Waals surface area contributed by atoms with E-state index >= 15 is 0 Å². The van der Waals surface area contributed by atoms with Gasteiger partial charge in [-0.2, -0.15) is 0 Å². The number of methoxy groups -OCH3 is 1. The van der Waals surface area contributed by atoms with Crippen LogP contribution in [0.3, 0.4) is 0 Å². The number of aryl methyl sites for hydroxylation is 1. The summed E-state index contributed by atoms with van der Waals surface area (Å²) in [6, 6.07) is 12.0. The molecule has 1 N–H and O–H groups in total. The maximum atomic E-state index is 12.4. The van der Waals surface area contributed by atoms with Crippen LogP contribution >= 0.6 is 11.3 Å². The first-order valence-electron chi connectivity index (χ1n) is 9.70. The van der Waals surface area contributed by atoms with Crippen molar-refractivity contribution in [2.75, 3.05) is 51.7 Å². The second-order valence-electron chi connectivity index (χ2n) is 7.03. The molecule has 1 aliphatic rings. The van der Waals surface area contributed by atoms with Crippen molar-refractivity contribution >= 4 is 34.3 Å². The summed E-state index contributed by atoms with van der Waals surface area (Å²) < 4.78 is 4.79. The normalized spacial score (nSPS) is 15.5. The van der Waals surface area contributed by atoms with Crippen LogP contribution < -0.4 is 5.32 Å². The molecule has 0 radical (unpaired) electrons. The van der Waals surface area contributed by atoms with Gasteiger partial charge in [-0.3, -0.25) is 14.6 Å². The fraction of sp³-hybridized carbons (Fsp3) is 0.364. The largest absolute Gasteiger partial charge is 0.465 e. The summed E-state index contributed by atoms with van der Waals surface area (Å²) in [7, 11) is 1.34. The second kappa shape index (κ2) is 10.3. The van der Waals surface area contributed by atoms with Crippen LogP contribution in [0.2, 0.25) is 0 Å². The Labute approximate surface area is 175 Å². The van der Waals surface area contributed by atoms with Crippen LogP contribution in [0.5, 0.6) is 0 Å². The SMILES string of the molecule is COC(=O)c1cc(C)sc1NC(=O)CN1CCN(C/C=C/c2ccccc2)CC1. The molecule has 0 spiro atoms. The van der Waals surface area contributed by atoms with E-state index in [0.29, 0.717) is 17.1 Å². The van der Waals surface area contributed by atoms with Gasteiger partial charge < -0.3 is 10.1 Å². The first-order chi connectivity index (χ1) is 14.0. The molecular formula is C22H27N3O3S. The van der Waals surface area contributed by atoms with Gasteiger partial charge in [-0.1, -0.05) is 42.5 Å². The number of nitrogens with zero attached hydrogens (tertiary/aromatic N) is 2. The maximum absolute atomic E-state index is 12.4. The molecule has 2 heterocycles. The van der Waals surface area contributed by atoms with Crippen molar-refractivity contribution in [2.45, 2.75) is 6.92 Å². The van der Waals surface area contributed by atoms with Gasteiger partial charge in [0.1, 0.15) is 5.00 Å². The predicted octanol–water partition coefficient (Wildman–Crippen LogP) is 3.11. The van der Waals surface area contributed by atoms with E-state index in [1.807, 2.05) is 25.1 Å². The van der Waals surface area contributed by atoms with Crippen molar-refractivity contribution in [3.05, 3.63) is 58.5 Å². The number of esters is 1. The quantitative estimate of drug-likeness (QED) is 0.707. The van der Waals surface area contributed by atoms with Gasteiger partial charge in [0.25, 0.3) is 0 Å². The lowest BCUT2D eigenvalue weighted by molar-refractivity contribution is -0.117. The number of nitrogens with one attached hydrogen (secondary N) is 1. The van der Waals surface area contributed by atoms with Gasteiger partial charge in [0.15, 0.2) is 0 Å². The van der Waals surface area contributed by atoms with E-state index in [1.165, 1.54) is 24.0 Å². The monoisotopic (exact) mass is 413 g/mol. The summed E-state index contributed by atoms with van der Waals surface area (Å²) in [5, 5.41) is 3.43. The lowest BCUT2D eigenvalue weighted by Crippen LogP contribution is -2.48. The molecule has 6 nitrogen and oxygen atoms in total. The molecule has 1 aliphatic heterocycles. The van der Waals surface area contributed by atoms with E-state index in [2.05, 4.69) is 39.4 Å². The van der Waals surface area contributed by atoms with Crippen LogP contribution in [0.4, 0.5) is 5.00 Å². The number of rotatable bonds is 7. The summed E-state index contributed by atoms with van der Waals surface area (Å²) >= 11 is 1.39. The number of anilines is 1. The van der Waals surface area contributed by atoms with Crippen molar-refractivity contribution < 1.29 is 14.3 Å². The molecule has 2 aromatic rings. The standard InChI is InChI=1S/C22H27N3O3S/c1-17-15-19(22(27)28-2)21(29-17)23-20(26)16-25-13-11-24(12-14-25)10-6-9-18-7-4-3-5-8-18/h3-9,15H,10-14,16H2,1-2H3,(H,23,26)/b9-6+. The van der Waals surface area contributed by atoms with E-state index < -0.39 is 5.97 Å². The number of carbonyl (C=O) groups is 2. The van der Waals surface area contributed by atoms with Gasteiger partial charge in [-0.15, -0.1) is 11.3 Å². The van der Waals surface area contributed by atoms with Gasteiger partial charge >= 0.3 is 5.97 Å². The molecule has 0 aliphatic carbocycles. The van der Waals surface area contributed by atoms with E-state index in [1.54, 1.807) is 6.07 Å². The highest BCUT2D eigenvalue weighted by atomic mass is 32.1. The molecule has 1 aromatic carbocycles. The zero-order chi connectivity index (χ0) is 20.6. The Morgan fingerprint density at radius 1 is 1.14 bits per heavy atom. The van der Waals surface area contributed by atoms with Crippen LogP contribution in [0.15, 0.2) is 42.5 Å². The zero-order valence-corrected chi connectivity index (χ0v) is 17.7. The molecule has 1 aromatic heterocycles. The van der Waals surface area contributed by atoms with Gasteiger partial charge in [0.2, 0.25) is 5.91 Å². The van der Waals surface area contributed by atoms with E-state index in [0.717, 1.165) is 37.6 Å². The summed E-state index contributed by atoms with van der Waals surface area (Å²) in [5.41, 5.74) is 1.62. The van der Waals surface area contributed by atoms with Gasteiger partial charge in [0.05, 0.1) is 19.2 Å². The summed E-state index contributed by atoms with van der Waals surface area (Å²) in [6.45, 7) is 6.69. The minimum Gasteiger partial charge on any atom is -0.465 e. The first kappa shape index (κ1) is 21.2. The molecule has 1 fully saturated rings.